The molecule has 0 amide bonds. The van der Waals surface area contributed by atoms with E-state index in [0.717, 1.165) is 15.6 Å². The molecule has 0 aromatic heterocycles. The summed E-state index contributed by atoms with van der Waals surface area (Å²) in [6.45, 7) is 1.71. The number of rotatable bonds is 6. The summed E-state index contributed by atoms with van der Waals surface area (Å²) in [7, 11) is 1.59. The molecule has 1 aliphatic rings. The number of halogens is 1. The minimum Gasteiger partial charge on any atom is -0.497 e. The summed E-state index contributed by atoms with van der Waals surface area (Å²) in [4.78, 5) is 25.2. The maximum Gasteiger partial charge on any atom is 0.232 e. The summed E-state index contributed by atoms with van der Waals surface area (Å²) in [6.07, 6.45) is 1.68. The number of ketones is 2. The van der Waals surface area contributed by atoms with Crippen molar-refractivity contribution in [1.29, 1.82) is 0 Å². The van der Waals surface area contributed by atoms with Crippen LogP contribution in [0.5, 0.6) is 17.2 Å². The standard InChI is InChI=1S/C25H19BrO5/c1-15-10-20(30-14-21(27)17-6-8-18(26)9-7-17)13-22-24(15)25(28)23(31-22)12-16-4-3-5-19(11-16)29-2/h3-13H,14H2,1-2H3/b23-12-. The average Bonchev–Trinajstić information content (AvgIpc) is 3.08. The first-order valence-corrected chi connectivity index (χ1v) is 10.4. The molecule has 5 nitrogen and oxygen atoms in total. The molecule has 6 heteroatoms. The first kappa shape index (κ1) is 20.9. The van der Waals surface area contributed by atoms with Gasteiger partial charge in [-0.25, -0.2) is 0 Å². The van der Waals surface area contributed by atoms with Crippen molar-refractivity contribution in [3.05, 3.63) is 93.1 Å². The minimum atomic E-state index is -0.187. The van der Waals surface area contributed by atoms with Crippen LogP contribution in [0, 0.1) is 6.92 Å². The normalized spacial score (nSPS) is 13.6. The van der Waals surface area contributed by atoms with Crippen LogP contribution in [0.25, 0.3) is 6.08 Å². The van der Waals surface area contributed by atoms with Crippen molar-refractivity contribution < 1.29 is 23.8 Å². The van der Waals surface area contributed by atoms with Gasteiger partial charge >= 0.3 is 0 Å². The fraction of sp³-hybridized carbons (Fsp3) is 0.120. The highest BCUT2D eigenvalue weighted by Gasteiger charge is 2.30. The Kier molecular flexibility index (Phi) is 5.91. The third kappa shape index (κ3) is 4.54. The van der Waals surface area contributed by atoms with Crippen LogP contribution >= 0.6 is 15.9 Å². The van der Waals surface area contributed by atoms with E-state index in [1.54, 1.807) is 37.5 Å². The van der Waals surface area contributed by atoms with Gasteiger partial charge in [0, 0.05) is 16.1 Å². The van der Waals surface area contributed by atoms with Gasteiger partial charge < -0.3 is 14.2 Å². The molecule has 0 unspecified atom stereocenters. The second-order valence-electron chi connectivity index (χ2n) is 7.05. The molecule has 0 saturated carbocycles. The van der Waals surface area contributed by atoms with E-state index < -0.39 is 0 Å². The lowest BCUT2D eigenvalue weighted by Gasteiger charge is -2.09. The number of ether oxygens (including phenoxy) is 3. The van der Waals surface area contributed by atoms with Gasteiger partial charge in [0.2, 0.25) is 5.78 Å². The lowest BCUT2D eigenvalue weighted by molar-refractivity contribution is 0.0920. The van der Waals surface area contributed by atoms with Crippen molar-refractivity contribution in [2.45, 2.75) is 6.92 Å². The Hall–Kier alpha value is -3.38. The Morgan fingerprint density at radius 3 is 2.58 bits per heavy atom. The zero-order valence-electron chi connectivity index (χ0n) is 17.0. The van der Waals surface area contributed by atoms with E-state index in [4.69, 9.17) is 14.2 Å². The molecule has 3 aromatic carbocycles. The average molecular weight is 479 g/mol. The molecule has 0 atom stereocenters. The maximum atomic E-state index is 12.8. The molecule has 3 aromatic rings. The zero-order valence-corrected chi connectivity index (χ0v) is 18.6. The van der Waals surface area contributed by atoms with E-state index >= 15 is 0 Å². The van der Waals surface area contributed by atoms with Gasteiger partial charge in [0.25, 0.3) is 0 Å². The summed E-state index contributed by atoms with van der Waals surface area (Å²) in [6, 6.07) is 17.8. The van der Waals surface area contributed by atoms with Crippen LogP contribution < -0.4 is 14.2 Å². The van der Waals surface area contributed by atoms with Gasteiger partial charge in [0.1, 0.15) is 17.2 Å². The Morgan fingerprint density at radius 1 is 1.06 bits per heavy atom. The smallest absolute Gasteiger partial charge is 0.232 e. The highest BCUT2D eigenvalue weighted by atomic mass is 79.9. The van der Waals surface area contributed by atoms with Crippen LogP contribution in [0.3, 0.4) is 0 Å². The Labute approximate surface area is 188 Å². The molecule has 0 aliphatic carbocycles. The largest absolute Gasteiger partial charge is 0.497 e. The molecule has 0 N–H and O–H groups in total. The van der Waals surface area contributed by atoms with Crippen molar-refractivity contribution in [1.82, 2.24) is 0 Å². The highest BCUT2D eigenvalue weighted by Crippen LogP contribution is 2.37. The molecule has 4 rings (SSSR count). The van der Waals surface area contributed by atoms with E-state index in [2.05, 4.69) is 15.9 Å². The van der Waals surface area contributed by atoms with Crippen molar-refractivity contribution in [2.75, 3.05) is 13.7 Å². The molecule has 0 radical (unpaired) electrons. The maximum absolute atomic E-state index is 12.8. The van der Waals surface area contributed by atoms with E-state index in [-0.39, 0.29) is 23.9 Å². The zero-order chi connectivity index (χ0) is 22.0. The van der Waals surface area contributed by atoms with E-state index in [1.807, 2.05) is 43.3 Å². The Balaban J connectivity index is 1.52. The first-order valence-electron chi connectivity index (χ1n) is 9.59. The molecule has 1 heterocycles. The van der Waals surface area contributed by atoms with Crippen LogP contribution in [-0.2, 0) is 0 Å². The van der Waals surface area contributed by atoms with Crippen molar-refractivity contribution in [3.8, 4) is 17.2 Å². The molecule has 156 valence electrons. The molecule has 0 spiro atoms. The monoisotopic (exact) mass is 478 g/mol. The molecule has 0 fully saturated rings. The molecule has 1 aliphatic heterocycles. The number of carbonyl (C=O) groups is 2. The SMILES string of the molecule is COc1cccc(/C=C2\Oc3cc(OCC(=O)c4ccc(Br)cc4)cc(C)c3C2=O)c1. The quantitative estimate of drug-likeness (QED) is 0.338. The van der Waals surface area contributed by atoms with Gasteiger partial charge in [-0.3, -0.25) is 9.59 Å². The van der Waals surface area contributed by atoms with Crippen LogP contribution in [0.4, 0.5) is 0 Å². The van der Waals surface area contributed by atoms with Gasteiger partial charge in [-0.05, 0) is 54.5 Å². The fourth-order valence-corrected chi connectivity index (χ4v) is 3.58. The van der Waals surface area contributed by atoms with E-state index in [0.29, 0.717) is 28.4 Å². The molecular weight excluding hydrogens is 460 g/mol. The second kappa shape index (κ2) is 8.78. The number of hydrogen-bond donors (Lipinski definition) is 0. The van der Waals surface area contributed by atoms with Crippen molar-refractivity contribution in [2.24, 2.45) is 0 Å². The van der Waals surface area contributed by atoms with Gasteiger partial charge in [-0.2, -0.15) is 0 Å². The van der Waals surface area contributed by atoms with Gasteiger partial charge in [0.05, 0.1) is 12.7 Å². The topological polar surface area (TPSA) is 61.8 Å². The van der Waals surface area contributed by atoms with Crippen molar-refractivity contribution >= 4 is 33.6 Å². The summed E-state index contributed by atoms with van der Waals surface area (Å²) in [5, 5.41) is 0. The lowest BCUT2D eigenvalue weighted by atomic mass is 10.0. The number of hydrogen-bond acceptors (Lipinski definition) is 5. The van der Waals surface area contributed by atoms with Crippen LogP contribution in [0.1, 0.15) is 31.8 Å². The fourth-order valence-electron chi connectivity index (χ4n) is 3.31. The van der Waals surface area contributed by atoms with Crippen LogP contribution in [0.2, 0.25) is 0 Å². The second-order valence-corrected chi connectivity index (χ2v) is 7.96. The first-order chi connectivity index (χ1) is 14.9. The summed E-state index contributed by atoms with van der Waals surface area (Å²) >= 11 is 3.35. The van der Waals surface area contributed by atoms with Crippen LogP contribution in [-0.4, -0.2) is 25.3 Å². The van der Waals surface area contributed by atoms with E-state index in [9.17, 15) is 9.59 Å². The summed E-state index contributed by atoms with van der Waals surface area (Å²) in [5.41, 5.74) is 2.59. The number of benzene rings is 3. The van der Waals surface area contributed by atoms with Gasteiger partial charge in [0.15, 0.2) is 18.1 Å². The van der Waals surface area contributed by atoms with Gasteiger partial charge in [-0.15, -0.1) is 0 Å². The number of Topliss-reactive ketones (excluding diaryl/α,β-unsaturated/α-hetero) is 2. The molecule has 31 heavy (non-hydrogen) atoms. The summed E-state index contributed by atoms with van der Waals surface area (Å²) in [5.74, 6) is 1.49. The molecular formula is C25H19BrO5. The third-order valence-electron chi connectivity index (χ3n) is 4.87. The number of methoxy groups -OCH3 is 1. The number of fused-ring (bicyclic) bond motifs is 1. The molecule has 0 saturated heterocycles. The highest BCUT2D eigenvalue weighted by molar-refractivity contribution is 9.10. The lowest BCUT2D eigenvalue weighted by Crippen LogP contribution is -2.11. The molecule has 0 bridgehead atoms. The Morgan fingerprint density at radius 2 is 1.84 bits per heavy atom. The van der Waals surface area contributed by atoms with Crippen molar-refractivity contribution in [3.63, 3.8) is 0 Å². The van der Waals surface area contributed by atoms with E-state index in [1.165, 1.54) is 0 Å². The number of aryl methyl sites for hydroxylation is 1. The summed E-state index contributed by atoms with van der Waals surface area (Å²) < 4.78 is 17.6. The predicted molar refractivity (Wildman–Crippen MR) is 121 cm³/mol. The minimum absolute atomic E-state index is 0.111. The van der Waals surface area contributed by atoms with Crippen LogP contribution in [0.15, 0.2) is 70.9 Å². The number of allylic oxidation sites excluding steroid dienone is 1. The third-order valence-corrected chi connectivity index (χ3v) is 5.40. The van der Waals surface area contributed by atoms with Gasteiger partial charge in [-0.1, -0.05) is 40.2 Å². The predicted octanol–water partition coefficient (Wildman–Crippen LogP) is 5.64. The number of carbonyl (C=O) groups excluding carboxylic acids is 2. The Bertz CT molecular complexity index is 1200.